The van der Waals surface area contributed by atoms with Gasteiger partial charge in [0.05, 0.1) is 6.42 Å². The normalized spacial score (nSPS) is 11.6. The number of hydrogen-bond acceptors (Lipinski definition) is 2. The number of likely N-dealkylation sites (N-methyl/N-ethyl adjacent to an activating group) is 1. The van der Waals surface area contributed by atoms with Gasteiger partial charge in [-0.15, -0.1) is 0 Å². The van der Waals surface area contributed by atoms with Crippen molar-refractivity contribution in [3.05, 3.63) is 106 Å². The Labute approximate surface area is 197 Å². The first-order valence-electron chi connectivity index (χ1n) is 11.6. The molecule has 0 spiro atoms. The lowest BCUT2D eigenvalue weighted by atomic mass is 9.99. The summed E-state index contributed by atoms with van der Waals surface area (Å²) < 4.78 is 0. The van der Waals surface area contributed by atoms with Crippen molar-refractivity contribution in [2.75, 3.05) is 6.54 Å². The fourth-order valence-electron chi connectivity index (χ4n) is 4.11. The molecule has 3 aromatic rings. The lowest BCUT2D eigenvalue weighted by Gasteiger charge is -2.32. The topological polar surface area (TPSA) is 49.4 Å². The standard InChI is InChI=1S/C29H34N2O2/c1-5-30-29(33)27(18-24-11-7-6-8-12-24)31(20-25-13-9-10-21(2)16-25)28(32)19-26-17-22(3)14-15-23(26)4/h6-17,27H,5,18-20H2,1-4H3,(H,30,33)/t27-/m1/s1. The summed E-state index contributed by atoms with van der Waals surface area (Å²) in [7, 11) is 0. The van der Waals surface area contributed by atoms with Crippen molar-refractivity contribution >= 4 is 11.8 Å². The highest BCUT2D eigenvalue weighted by molar-refractivity contribution is 5.89. The highest BCUT2D eigenvalue weighted by atomic mass is 16.2. The van der Waals surface area contributed by atoms with Crippen LogP contribution >= 0.6 is 0 Å². The maximum Gasteiger partial charge on any atom is 0.243 e. The summed E-state index contributed by atoms with van der Waals surface area (Å²) in [5.41, 5.74) is 6.39. The molecule has 1 atom stereocenters. The molecule has 1 N–H and O–H groups in total. The molecule has 0 bridgehead atoms. The lowest BCUT2D eigenvalue weighted by molar-refractivity contribution is -0.140. The summed E-state index contributed by atoms with van der Waals surface area (Å²) in [6.45, 7) is 8.91. The van der Waals surface area contributed by atoms with Crippen LogP contribution < -0.4 is 5.32 Å². The van der Waals surface area contributed by atoms with Gasteiger partial charge in [-0.25, -0.2) is 0 Å². The minimum atomic E-state index is -0.592. The third-order valence-electron chi connectivity index (χ3n) is 5.90. The molecule has 0 aliphatic carbocycles. The second kappa shape index (κ2) is 11.5. The van der Waals surface area contributed by atoms with Crippen LogP contribution in [0.25, 0.3) is 0 Å². The molecule has 0 saturated carbocycles. The van der Waals surface area contributed by atoms with Crippen molar-refractivity contribution in [3.8, 4) is 0 Å². The Balaban J connectivity index is 1.98. The molecule has 3 rings (SSSR count). The zero-order valence-corrected chi connectivity index (χ0v) is 20.1. The van der Waals surface area contributed by atoms with Crippen LogP contribution in [0.3, 0.4) is 0 Å². The Kier molecular flexibility index (Phi) is 8.42. The molecule has 0 aromatic heterocycles. The Morgan fingerprint density at radius 3 is 2.24 bits per heavy atom. The molecule has 0 aliphatic rings. The van der Waals surface area contributed by atoms with Gasteiger partial charge in [-0.05, 0) is 49.9 Å². The number of benzene rings is 3. The summed E-state index contributed by atoms with van der Waals surface area (Å²) in [5, 5.41) is 2.95. The predicted molar refractivity (Wildman–Crippen MR) is 134 cm³/mol. The molecular weight excluding hydrogens is 408 g/mol. The molecule has 0 unspecified atom stereocenters. The SMILES string of the molecule is CCNC(=O)[C@@H](Cc1ccccc1)N(Cc1cccc(C)c1)C(=O)Cc1cc(C)ccc1C. The number of amides is 2. The van der Waals surface area contributed by atoms with E-state index < -0.39 is 6.04 Å². The van der Waals surface area contributed by atoms with Gasteiger partial charge in [-0.1, -0.05) is 83.9 Å². The van der Waals surface area contributed by atoms with Gasteiger partial charge < -0.3 is 10.2 Å². The fraction of sp³-hybridized carbons (Fsp3) is 0.310. The third-order valence-corrected chi connectivity index (χ3v) is 5.90. The summed E-state index contributed by atoms with van der Waals surface area (Å²) >= 11 is 0. The van der Waals surface area contributed by atoms with E-state index in [4.69, 9.17) is 0 Å². The Hall–Kier alpha value is -3.40. The quantitative estimate of drug-likeness (QED) is 0.511. The second-order valence-electron chi connectivity index (χ2n) is 8.72. The van der Waals surface area contributed by atoms with Crippen LogP contribution in [0, 0.1) is 20.8 Å². The van der Waals surface area contributed by atoms with Crippen LogP contribution in [0.1, 0.15) is 40.3 Å². The van der Waals surface area contributed by atoms with Gasteiger partial charge in [0, 0.05) is 19.5 Å². The van der Waals surface area contributed by atoms with E-state index in [1.54, 1.807) is 4.90 Å². The van der Waals surface area contributed by atoms with E-state index >= 15 is 0 Å². The molecule has 0 fully saturated rings. The van der Waals surface area contributed by atoms with Crippen LogP contribution in [0.15, 0.2) is 72.8 Å². The molecular formula is C29H34N2O2. The van der Waals surface area contributed by atoms with Crippen LogP contribution in [0.4, 0.5) is 0 Å². The van der Waals surface area contributed by atoms with E-state index in [0.29, 0.717) is 19.5 Å². The number of carbonyl (C=O) groups is 2. The minimum Gasteiger partial charge on any atom is -0.355 e. The van der Waals surface area contributed by atoms with Gasteiger partial charge in [-0.3, -0.25) is 9.59 Å². The van der Waals surface area contributed by atoms with Crippen LogP contribution in [-0.4, -0.2) is 29.3 Å². The van der Waals surface area contributed by atoms with Gasteiger partial charge in [-0.2, -0.15) is 0 Å². The number of nitrogens with one attached hydrogen (secondary N) is 1. The van der Waals surface area contributed by atoms with Crippen molar-refractivity contribution in [3.63, 3.8) is 0 Å². The molecule has 4 heteroatoms. The van der Waals surface area contributed by atoms with E-state index in [-0.39, 0.29) is 18.2 Å². The molecule has 33 heavy (non-hydrogen) atoms. The Morgan fingerprint density at radius 2 is 1.55 bits per heavy atom. The maximum atomic E-state index is 13.8. The van der Waals surface area contributed by atoms with Crippen molar-refractivity contribution < 1.29 is 9.59 Å². The number of nitrogens with zero attached hydrogens (tertiary/aromatic N) is 1. The monoisotopic (exact) mass is 442 g/mol. The van der Waals surface area contributed by atoms with Crippen LogP contribution in [-0.2, 0) is 29.0 Å². The third kappa shape index (κ3) is 6.79. The molecule has 0 heterocycles. The van der Waals surface area contributed by atoms with Crippen LogP contribution in [0.2, 0.25) is 0 Å². The van der Waals surface area contributed by atoms with Gasteiger partial charge in [0.1, 0.15) is 6.04 Å². The van der Waals surface area contributed by atoms with Gasteiger partial charge in [0.2, 0.25) is 11.8 Å². The number of hydrogen-bond donors (Lipinski definition) is 1. The minimum absolute atomic E-state index is 0.0441. The van der Waals surface area contributed by atoms with Crippen molar-refractivity contribution in [1.82, 2.24) is 10.2 Å². The van der Waals surface area contributed by atoms with Crippen molar-refractivity contribution in [2.45, 2.75) is 53.1 Å². The highest BCUT2D eigenvalue weighted by Crippen LogP contribution is 2.19. The lowest BCUT2D eigenvalue weighted by Crippen LogP contribution is -2.51. The first-order chi connectivity index (χ1) is 15.9. The summed E-state index contributed by atoms with van der Waals surface area (Å²) in [4.78, 5) is 28.7. The molecule has 172 valence electrons. The van der Waals surface area contributed by atoms with E-state index in [9.17, 15) is 9.59 Å². The van der Waals surface area contributed by atoms with Crippen LogP contribution in [0.5, 0.6) is 0 Å². The molecule has 0 radical (unpaired) electrons. The smallest absolute Gasteiger partial charge is 0.243 e. The number of aryl methyl sites for hydroxylation is 3. The van der Waals surface area contributed by atoms with Gasteiger partial charge in [0.15, 0.2) is 0 Å². The van der Waals surface area contributed by atoms with Gasteiger partial charge >= 0.3 is 0 Å². The fourth-order valence-corrected chi connectivity index (χ4v) is 4.11. The Morgan fingerprint density at radius 1 is 0.848 bits per heavy atom. The average Bonchev–Trinajstić information content (AvgIpc) is 2.79. The maximum absolute atomic E-state index is 13.8. The first-order valence-corrected chi connectivity index (χ1v) is 11.6. The van der Waals surface area contributed by atoms with E-state index in [1.807, 2.05) is 82.3 Å². The van der Waals surface area contributed by atoms with Crippen molar-refractivity contribution in [1.29, 1.82) is 0 Å². The predicted octanol–water partition coefficient (Wildman–Crippen LogP) is 4.93. The summed E-state index contributed by atoms with van der Waals surface area (Å²) in [6, 6.07) is 23.6. The van der Waals surface area contributed by atoms with Crippen molar-refractivity contribution in [2.24, 2.45) is 0 Å². The highest BCUT2D eigenvalue weighted by Gasteiger charge is 2.30. The summed E-state index contributed by atoms with van der Waals surface area (Å²) in [6.07, 6.45) is 0.737. The largest absolute Gasteiger partial charge is 0.355 e. The molecule has 3 aromatic carbocycles. The molecule has 4 nitrogen and oxygen atoms in total. The van der Waals surface area contributed by atoms with Gasteiger partial charge in [0.25, 0.3) is 0 Å². The second-order valence-corrected chi connectivity index (χ2v) is 8.72. The number of carbonyl (C=O) groups excluding carboxylic acids is 2. The Bertz CT molecular complexity index is 1090. The molecule has 2 amide bonds. The first kappa shape index (κ1) is 24.2. The number of rotatable bonds is 9. The molecule has 0 saturated heterocycles. The zero-order valence-electron chi connectivity index (χ0n) is 20.1. The molecule has 0 aliphatic heterocycles. The van der Waals surface area contributed by atoms with E-state index in [1.165, 1.54) is 0 Å². The average molecular weight is 443 g/mol. The van der Waals surface area contributed by atoms with E-state index in [2.05, 4.69) is 23.5 Å². The van der Waals surface area contributed by atoms with E-state index in [0.717, 1.165) is 33.4 Å². The summed E-state index contributed by atoms with van der Waals surface area (Å²) in [5.74, 6) is -0.166. The zero-order chi connectivity index (χ0) is 23.8.